The van der Waals surface area contributed by atoms with Crippen LogP contribution in [-0.4, -0.2) is 73.5 Å². The van der Waals surface area contributed by atoms with E-state index in [9.17, 15) is 13.2 Å². The summed E-state index contributed by atoms with van der Waals surface area (Å²) in [5.41, 5.74) is 0. The maximum Gasteiger partial charge on any atom is 0.247 e. The van der Waals surface area contributed by atoms with Gasteiger partial charge in [-0.2, -0.15) is 9.40 Å². The summed E-state index contributed by atoms with van der Waals surface area (Å²) in [6, 6.07) is -0.719. The zero-order valence-electron chi connectivity index (χ0n) is 10.8. The normalized spacial score (nSPS) is 21.3. The highest BCUT2D eigenvalue weighted by Crippen LogP contribution is 2.19. The molecular weight excluding hydrogens is 270 g/mol. The molecule has 0 bridgehead atoms. The molecular formula is C10H17N5O3S. The zero-order valence-corrected chi connectivity index (χ0v) is 11.6. The Bertz CT molecular complexity index is 540. The summed E-state index contributed by atoms with van der Waals surface area (Å²) in [5, 5.41) is 9.16. The van der Waals surface area contributed by atoms with Crippen molar-refractivity contribution in [2.75, 3.05) is 33.7 Å². The number of hydrogen-bond donors (Lipinski definition) is 2. The first kappa shape index (κ1) is 14.0. The van der Waals surface area contributed by atoms with Crippen molar-refractivity contribution in [3.8, 4) is 0 Å². The van der Waals surface area contributed by atoms with Gasteiger partial charge in [-0.15, -0.1) is 0 Å². The van der Waals surface area contributed by atoms with Gasteiger partial charge in [0.05, 0.1) is 6.20 Å². The van der Waals surface area contributed by atoms with Gasteiger partial charge in [0.1, 0.15) is 10.9 Å². The molecule has 9 heteroatoms. The van der Waals surface area contributed by atoms with Gasteiger partial charge in [-0.3, -0.25) is 9.89 Å². The lowest BCUT2D eigenvalue weighted by molar-refractivity contribution is -0.133. The number of nitrogens with one attached hydrogen (secondary N) is 2. The van der Waals surface area contributed by atoms with Crippen molar-refractivity contribution in [2.45, 2.75) is 10.9 Å². The van der Waals surface area contributed by atoms with E-state index in [1.807, 2.05) is 0 Å². The number of likely N-dealkylation sites (N-methyl/N-ethyl adjacent to an activating group) is 1. The number of sulfonamides is 1. The van der Waals surface area contributed by atoms with Crippen LogP contribution in [0.5, 0.6) is 0 Å². The number of piperazine rings is 1. The number of carbonyl (C=O) groups is 1. The van der Waals surface area contributed by atoms with E-state index in [1.165, 1.54) is 21.6 Å². The van der Waals surface area contributed by atoms with Crippen molar-refractivity contribution in [1.82, 2.24) is 24.7 Å². The van der Waals surface area contributed by atoms with Crippen LogP contribution in [0.2, 0.25) is 0 Å². The van der Waals surface area contributed by atoms with Crippen molar-refractivity contribution >= 4 is 15.9 Å². The molecule has 106 valence electrons. The molecule has 1 aromatic heterocycles. The first-order chi connectivity index (χ1) is 8.94. The largest absolute Gasteiger partial charge is 0.347 e. The van der Waals surface area contributed by atoms with Crippen molar-refractivity contribution < 1.29 is 13.2 Å². The Balaban J connectivity index is 2.33. The zero-order chi connectivity index (χ0) is 14.0. The number of carbonyl (C=O) groups excluding carboxylic acids is 1. The van der Waals surface area contributed by atoms with Gasteiger partial charge in [-0.05, 0) is 0 Å². The summed E-state index contributed by atoms with van der Waals surface area (Å²) in [6.45, 7) is 1.10. The molecule has 1 aromatic rings. The Labute approximate surface area is 111 Å². The standard InChI is InChI=1S/C10H17N5O3S/c1-14(2)10(16)9-7-11-3-4-15(9)19(17,18)8-5-12-13-6-8/h5-6,9,11H,3-4,7H2,1-2H3,(H,12,13). The lowest BCUT2D eigenvalue weighted by Gasteiger charge is -2.35. The predicted molar refractivity (Wildman–Crippen MR) is 67.8 cm³/mol. The van der Waals surface area contributed by atoms with Gasteiger partial charge in [0.2, 0.25) is 15.9 Å². The second-order valence-corrected chi connectivity index (χ2v) is 6.39. The number of hydrogen-bond acceptors (Lipinski definition) is 5. The minimum Gasteiger partial charge on any atom is -0.347 e. The Morgan fingerprint density at radius 1 is 1.53 bits per heavy atom. The summed E-state index contributed by atoms with van der Waals surface area (Å²) >= 11 is 0. The Kier molecular flexibility index (Phi) is 3.88. The van der Waals surface area contributed by atoms with Gasteiger partial charge in [-0.25, -0.2) is 8.42 Å². The van der Waals surface area contributed by atoms with Crippen LogP contribution >= 0.6 is 0 Å². The maximum absolute atomic E-state index is 12.5. The number of H-pyrrole nitrogens is 1. The lowest BCUT2D eigenvalue weighted by Crippen LogP contribution is -2.59. The van der Waals surface area contributed by atoms with E-state index in [-0.39, 0.29) is 17.3 Å². The van der Waals surface area contributed by atoms with Crippen LogP contribution in [0.15, 0.2) is 17.3 Å². The highest BCUT2D eigenvalue weighted by Gasteiger charge is 2.38. The molecule has 1 saturated heterocycles. The van der Waals surface area contributed by atoms with Gasteiger partial charge < -0.3 is 10.2 Å². The van der Waals surface area contributed by atoms with E-state index in [4.69, 9.17) is 0 Å². The van der Waals surface area contributed by atoms with Gasteiger partial charge >= 0.3 is 0 Å². The van der Waals surface area contributed by atoms with Gasteiger partial charge in [0, 0.05) is 39.9 Å². The molecule has 0 aliphatic carbocycles. The third kappa shape index (κ3) is 2.62. The molecule has 0 radical (unpaired) electrons. The first-order valence-electron chi connectivity index (χ1n) is 5.87. The number of aromatic nitrogens is 2. The average Bonchev–Trinajstić information content (AvgIpc) is 2.92. The molecule has 1 atom stereocenters. The number of rotatable bonds is 3. The molecule has 1 amide bonds. The smallest absolute Gasteiger partial charge is 0.247 e. The minimum atomic E-state index is -3.69. The lowest BCUT2D eigenvalue weighted by atomic mass is 10.2. The van der Waals surface area contributed by atoms with Crippen LogP contribution in [0.25, 0.3) is 0 Å². The summed E-state index contributed by atoms with van der Waals surface area (Å²) in [6.07, 6.45) is 2.56. The third-order valence-corrected chi connectivity index (χ3v) is 4.87. The topological polar surface area (TPSA) is 98.4 Å². The molecule has 1 aliphatic rings. The Morgan fingerprint density at radius 3 is 2.84 bits per heavy atom. The third-order valence-electron chi connectivity index (χ3n) is 3.00. The fourth-order valence-electron chi connectivity index (χ4n) is 2.00. The van der Waals surface area contributed by atoms with Gasteiger partial charge in [0.25, 0.3) is 0 Å². The highest BCUT2D eigenvalue weighted by molar-refractivity contribution is 7.89. The van der Waals surface area contributed by atoms with Gasteiger partial charge in [0.15, 0.2) is 0 Å². The second kappa shape index (κ2) is 5.27. The molecule has 2 heterocycles. The number of nitrogens with zero attached hydrogens (tertiary/aromatic N) is 3. The van der Waals surface area contributed by atoms with Crippen molar-refractivity contribution in [2.24, 2.45) is 0 Å². The first-order valence-corrected chi connectivity index (χ1v) is 7.31. The van der Waals surface area contributed by atoms with Gasteiger partial charge in [-0.1, -0.05) is 0 Å². The average molecular weight is 287 g/mol. The maximum atomic E-state index is 12.5. The quantitative estimate of drug-likeness (QED) is 0.702. The highest BCUT2D eigenvalue weighted by atomic mass is 32.2. The molecule has 0 saturated carbocycles. The molecule has 0 aromatic carbocycles. The van der Waals surface area contributed by atoms with E-state index >= 15 is 0 Å². The van der Waals surface area contributed by atoms with E-state index in [0.29, 0.717) is 13.1 Å². The predicted octanol–water partition coefficient (Wildman–Crippen LogP) is -1.54. The minimum absolute atomic E-state index is 0.0750. The van der Waals surface area contributed by atoms with Crippen LogP contribution in [0.3, 0.4) is 0 Å². The molecule has 2 rings (SSSR count). The second-order valence-electron chi connectivity index (χ2n) is 4.50. The summed E-state index contributed by atoms with van der Waals surface area (Å²) < 4.78 is 26.1. The van der Waals surface area contributed by atoms with E-state index in [2.05, 4.69) is 15.5 Å². The van der Waals surface area contributed by atoms with Crippen LogP contribution in [0.1, 0.15) is 0 Å². The van der Waals surface area contributed by atoms with Crippen LogP contribution in [0.4, 0.5) is 0 Å². The summed E-state index contributed by atoms with van der Waals surface area (Å²) in [7, 11) is -0.473. The van der Waals surface area contributed by atoms with E-state index in [1.54, 1.807) is 14.1 Å². The SMILES string of the molecule is CN(C)C(=O)C1CNCCN1S(=O)(=O)c1cn[nH]c1. The molecule has 2 N–H and O–H groups in total. The summed E-state index contributed by atoms with van der Waals surface area (Å²) in [4.78, 5) is 13.6. The number of amides is 1. The number of aromatic amines is 1. The fourth-order valence-corrected chi connectivity index (χ4v) is 3.49. The fraction of sp³-hybridized carbons (Fsp3) is 0.600. The molecule has 8 nitrogen and oxygen atoms in total. The summed E-state index contributed by atoms with van der Waals surface area (Å²) in [5.74, 6) is -0.237. The monoisotopic (exact) mass is 287 g/mol. The van der Waals surface area contributed by atoms with Crippen molar-refractivity contribution in [3.05, 3.63) is 12.4 Å². The molecule has 1 unspecified atom stereocenters. The van der Waals surface area contributed by atoms with Crippen LogP contribution < -0.4 is 5.32 Å². The van der Waals surface area contributed by atoms with Crippen LogP contribution in [0, 0.1) is 0 Å². The molecule has 19 heavy (non-hydrogen) atoms. The van der Waals surface area contributed by atoms with Crippen molar-refractivity contribution in [1.29, 1.82) is 0 Å². The Hall–Kier alpha value is -1.45. The van der Waals surface area contributed by atoms with Crippen LogP contribution in [-0.2, 0) is 14.8 Å². The van der Waals surface area contributed by atoms with E-state index < -0.39 is 16.1 Å². The molecule has 1 aliphatic heterocycles. The molecule has 0 spiro atoms. The van der Waals surface area contributed by atoms with E-state index in [0.717, 1.165) is 0 Å². The Morgan fingerprint density at radius 2 is 2.26 bits per heavy atom. The molecule has 1 fully saturated rings. The van der Waals surface area contributed by atoms with Crippen molar-refractivity contribution in [3.63, 3.8) is 0 Å².